The topological polar surface area (TPSA) is 74.6 Å². The minimum atomic E-state index is -1.07. The lowest BCUT2D eigenvalue weighted by Gasteiger charge is -2.13. The van der Waals surface area contributed by atoms with Crippen molar-refractivity contribution in [2.24, 2.45) is 0 Å². The fourth-order valence-corrected chi connectivity index (χ4v) is 1.85. The van der Waals surface area contributed by atoms with Crippen LogP contribution in [0.2, 0.25) is 0 Å². The van der Waals surface area contributed by atoms with E-state index in [1.54, 1.807) is 12.2 Å². The van der Waals surface area contributed by atoms with Crippen LogP contribution in [0.1, 0.15) is 31.8 Å². The predicted molar refractivity (Wildman–Crippen MR) is 68.2 cm³/mol. The van der Waals surface area contributed by atoms with Crippen LogP contribution in [0.4, 0.5) is 0 Å². The summed E-state index contributed by atoms with van der Waals surface area (Å²) in [4.78, 5) is 22.3. The molecule has 4 nitrogen and oxygen atoms in total. The van der Waals surface area contributed by atoms with Crippen molar-refractivity contribution >= 4 is 11.9 Å². The van der Waals surface area contributed by atoms with Crippen LogP contribution >= 0.6 is 0 Å². The van der Waals surface area contributed by atoms with E-state index in [2.05, 4.69) is 13.2 Å². The SMILES string of the molecule is C=CCc1c(C(=O)O)ccc(C(=O)O)c1CC=C. The molecule has 0 aliphatic rings. The second kappa shape index (κ2) is 5.82. The molecule has 2 N–H and O–H groups in total. The van der Waals surface area contributed by atoms with Crippen molar-refractivity contribution in [3.63, 3.8) is 0 Å². The molecule has 0 aromatic heterocycles. The molecule has 0 bridgehead atoms. The Balaban J connectivity index is 3.57. The first-order valence-corrected chi connectivity index (χ1v) is 5.36. The van der Waals surface area contributed by atoms with Crippen LogP contribution < -0.4 is 0 Å². The highest BCUT2D eigenvalue weighted by atomic mass is 16.4. The van der Waals surface area contributed by atoms with Crippen LogP contribution in [0.5, 0.6) is 0 Å². The Labute approximate surface area is 105 Å². The van der Waals surface area contributed by atoms with Crippen LogP contribution in [-0.4, -0.2) is 22.2 Å². The summed E-state index contributed by atoms with van der Waals surface area (Å²) in [6.45, 7) is 7.13. The summed E-state index contributed by atoms with van der Waals surface area (Å²) in [6.07, 6.45) is 3.73. The van der Waals surface area contributed by atoms with Crippen molar-refractivity contribution in [2.45, 2.75) is 12.8 Å². The third-order valence-corrected chi connectivity index (χ3v) is 2.59. The number of carboxylic acids is 2. The summed E-state index contributed by atoms with van der Waals surface area (Å²) < 4.78 is 0. The number of rotatable bonds is 6. The first-order chi connectivity index (χ1) is 8.52. The maximum absolute atomic E-state index is 11.1. The summed E-state index contributed by atoms with van der Waals surface area (Å²) in [6, 6.07) is 2.63. The Bertz CT molecular complexity index is 468. The molecule has 4 heteroatoms. The van der Waals surface area contributed by atoms with E-state index in [4.69, 9.17) is 10.2 Å². The molecular formula is C14H14O4. The largest absolute Gasteiger partial charge is 0.478 e. The van der Waals surface area contributed by atoms with Gasteiger partial charge in [0.05, 0.1) is 11.1 Å². The van der Waals surface area contributed by atoms with Crippen molar-refractivity contribution in [1.29, 1.82) is 0 Å². The summed E-state index contributed by atoms with van der Waals surface area (Å²) >= 11 is 0. The number of carbonyl (C=O) groups is 2. The van der Waals surface area contributed by atoms with Crippen molar-refractivity contribution < 1.29 is 19.8 Å². The lowest BCUT2D eigenvalue weighted by atomic mass is 9.91. The summed E-state index contributed by atoms with van der Waals surface area (Å²) in [7, 11) is 0. The van der Waals surface area contributed by atoms with Crippen LogP contribution in [0.15, 0.2) is 37.4 Å². The third-order valence-electron chi connectivity index (χ3n) is 2.59. The average molecular weight is 246 g/mol. The van der Waals surface area contributed by atoms with Crippen LogP contribution in [-0.2, 0) is 12.8 Å². The van der Waals surface area contributed by atoms with E-state index in [1.807, 2.05) is 0 Å². The molecule has 18 heavy (non-hydrogen) atoms. The Morgan fingerprint density at radius 3 is 1.50 bits per heavy atom. The van der Waals surface area contributed by atoms with Crippen molar-refractivity contribution in [3.8, 4) is 0 Å². The minimum absolute atomic E-state index is 0.108. The molecule has 0 aliphatic heterocycles. The van der Waals surface area contributed by atoms with Crippen molar-refractivity contribution in [2.75, 3.05) is 0 Å². The van der Waals surface area contributed by atoms with E-state index >= 15 is 0 Å². The molecular weight excluding hydrogens is 232 g/mol. The van der Waals surface area contributed by atoms with Crippen molar-refractivity contribution in [1.82, 2.24) is 0 Å². The number of hydrogen-bond donors (Lipinski definition) is 2. The molecule has 0 fully saturated rings. The summed E-state index contributed by atoms with van der Waals surface area (Å²) in [5, 5.41) is 18.2. The normalized spacial score (nSPS) is 9.78. The van der Waals surface area contributed by atoms with Gasteiger partial charge < -0.3 is 10.2 Å². The zero-order valence-electron chi connectivity index (χ0n) is 9.85. The Morgan fingerprint density at radius 1 is 0.944 bits per heavy atom. The highest BCUT2D eigenvalue weighted by Crippen LogP contribution is 2.22. The van der Waals surface area contributed by atoms with E-state index in [-0.39, 0.29) is 11.1 Å². The zero-order valence-corrected chi connectivity index (χ0v) is 9.85. The average Bonchev–Trinajstić information content (AvgIpc) is 2.30. The van der Waals surface area contributed by atoms with Crippen LogP contribution in [0.25, 0.3) is 0 Å². The lowest BCUT2D eigenvalue weighted by Crippen LogP contribution is -2.11. The van der Waals surface area contributed by atoms with Gasteiger partial charge in [-0.05, 0) is 36.1 Å². The monoisotopic (exact) mass is 246 g/mol. The molecule has 1 aromatic rings. The predicted octanol–water partition coefficient (Wildman–Crippen LogP) is 2.54. The van der Waals surface area contributed by atoms with Gasteiger partial charge in [-0.3, -0.25) is 0 Å². The fraction of sp³-hybridized carbons (Fsp3) is 0.143. The van der Waals surface area contributed by atoms with E-state index in [9.17, 15) is 9.59 Å². The first-order valence-electron chi connectivity index (χ1n) is 5.36. The van der Waals surface area contributed by atoms with Gasteiger partial charge in [0.1, 0.15) is 0 Å². The Morgan fingerprint density at radius 2 is 1.28 bits per heavy atom. The standard InChI is InChI=1S/C14H14O4/c1-3-5-9-10(6-4-2)12(14(17)18)8-7-11(9)13(15)16/h3-4,7-8H,1-2,5-6H2,(H,15,16)(H,17,18). The first kappa shape index (κ1) is 13.7. The highest BCUT2D eigenvalue weighted by molar-refractivity contribution is 5.95. The molecule has 0 saturated heterocycles. The minimum Gasteiger partial charge on any atom is -0.478 e. The Kier molecular flexibility index (Phi) is 4.43. The smallest absolute Gasteiger partial charge is 0.335 e. The van der Waals surface area contributed by atoms with Gasteiger partial charge in [-0.15, -0.1) is 13.2 Å². The second-order valence-corrected chi connectivity index (χ2v) is 3.71. The molecule has 0 spiro atoms. The number of aromatic carboxylic acids is 2. The number of allylic oxidation sites excluding steroid dienone is 2. The van der Waals surface area contributed by atoms with Gasteiger partial charge in [0.2, 0.25) is 0 Å². The van der Waals surface area contributed by atoms with Gasteiger partial charge >= 0.3 is 11.9 Å². The molecule has 94 valence electrons. The number of carboxylic acid groups (broad SMARTS) is 2. The zero-order chi connectivity index (χ0) is 13.7. The molecule has 0 radical (unpaired) electrons. The second-order valence-electron chi connectivity index (χ2n) is 3.71. The van der Waals surface area contributed by atoms with Crippen molar-refractivity contribution in [3.05, 3.63) is 59.7 Å². The molecule has 0 unspecified atom stereocenters. The van der Waals surface area contributed by atoms with E-state index in [0.29, 0.717) is 24.0 Å². The molecule has 1 aromatic carbocycles. The van der Waals surface area contributed by atoms with Crippen LogP contribution in [0, 0.1) is 0 Å². The molecule has 1 rings (SSSR count). The van der Waals surface area contributed by atoms with Gasteiger partial charge in [-0.2, -0.15) is 0 Å². The van der Waals surface area contributed by atoms with Gasteiger partial charge in [-0.1, -0.05) is 12.2 Å². The molecule has 0 atom stereocenters. The third kappa shape index (κ3) is 2.66. The van der Waals surface area contributed by atoms with Gasteiger partial charge in [0, 0.05) is 0 Å². The van der Waals surface area contributed by atoms with Gasteiger partial charge in [0.15, 0.2) is 0 Å². The fourth-order valence-electron chi connectivity index (χ4n) is 1.85. The highest BCUT2D eigenvalue weighted by Gasteiger charge is 2.18. The summed E-state index contributed by atoms with van der Waals surface area (Å²) in [5.74, 6) is -2.15. The van der Waals surface area contributed by atoms with Crippen LogP contribution in [0.3, 0.4) is 0 Å². The Hall–Kier alpha value is -2.36. The van der Waals surface area contributed by atoms with E-state index < -0.39 is 11.9 Å². The van der Waals surface area contributed by atoms with Gasteiger partial charge in [-0.25, -0.2) is 9.59 Å². The maximum Gasteiger partial charge on any atom is 0.335 e. The molecule has 0 saturated carbocycles. The summed E-state index contributed by atoms with van der Waals surface area (Å²) in [5.41, 5.74) is 1.18. The van der Waals surface area contributed by atoms with Gasteiger partial charge in [0.25, 0.3) is 0 Å². The quantitative estimate of drug-likeness (QED) is 0.756. The molecule has 0 heterocycles. The van der Waals surface area contributed by atoms with E-state index in [1.165, 1.54) is 12.1 Å². The molecule has 0 aliphatic carbocycles. The number of hydrogen-bond acceptors (Lipinski definition) is 2. The maximum atomic E-state index is 11.1. The lowest BCUT2D eigenvalue weighted by molar-refractivity contribution is 0.0679. The van der Waals surface area contributed by atoms with E-state index in [0.717, 1.165) is 0 Å². The number of benzene rings is 1. The molecule has 0 amide bonds.